The van der Waals surface area contributed by atoms with Gasteiger partial charge in [-0.1, -0.05) is 28.9 Å². The molecular formula is C15H11ClN4O3. The van der Waals surface area contributed by atoms with Gasteiger partial charge in [0.1, 0.15) is 10.8 Å². The van der Waals surface area contributed by atoms with Crippen LogP contribution in [-0.4, -0.2) is 22.0 Å². The van der Waals surface area contributed by atoms with Crippen molar-refractivity contribution in [3.8, 4) is 0 Å². The Morgan fingerprint density at radius 1 is 1.13 bits per heavy atom. The summed E-state index contributed by atoms with van der Waals surface area (Å²) in [6.45, 7) is 0. The number of hydrogen-bond acceptors (Lipinski definition) is 5. The number of pyridine rings is 1. The molecule has 23 heavy (non-hydrogen) atoms. The Bertz CT molecular complexity index is 861. The highest BCUT2D eigenvalue weighted by molar-refractivity contribution is 6.29. The van der Waals surface area contributed by atoms with Crippen molar-refractivity contribution in [2.45, 2.75) is 6.42 Å². The Balaban J connectivity index is 1.59. The second-order valence-corrected chi connectivity index (χ2v) is 5.06. The number of fused-ring (bicyclic) bond motifs is 1. The predicted octanol–water partition coefficient (Wildman–Crippen LogP) is 1.88. The van der Waals surface area contributed by atoms with E-state index in [2.05, 4.69) is 21.0 Å². The van der Waals surface area contributed by atoms with E-state index in [-0.39, 0.29) is 17.1 Å². The number of halogens is 1. The van der Waals surface area contributed by atoms with E-state index in [4.69, 9.17) is 16.1 Å². The maximum Gasteiger partial charge on any atom is 0.271 e. The smallest absolute Gasteiger partial charge is 0.271 e. The van der Waals surface area contributed by atoms with Gasteiger partial charge in [-0.3, -0.25) is 20.4 Å². The quantitative estimate of drug-likeness (QED) is 0.564. The van der Waals surface area contributed by atoms with Crippen LogP contribution in [0.3, 0.4) is 0 Å². The lowest BCUT2D eigenvalue weighted by molar-refractivity contribution is -0.121. The monoisotopic (exact) mass is 330 g/mol. The average molecular weight is 331 g/mol. The predicted molar refractivity (Wildman–Crippen MR) is 82.6 cm³/mol. The van der Waals surface area contributed by atoms with Gasteiger partial charge >= 0.3 is 0 Å². The number of nitrogens with one attached hydrogen (secondary N) is 2. The second kappa shape index (κ2) is 6.45. The first kappa shape index (κ1) is 15.0. The van der Waals surface area contributed by atoms with E-state index in [0.29, 0.717) is 11.3 Å². The fourth-order valence-corrected chi connectivity index (χ4v) is 2.08. The van der Waals surface area contributed by atoms with Crippen LogP contribution in [0, 0.1) is 0 Å². The van der Waals surface area contributed by atoms with Crippen molar-refractivity contribution in [3.63, 3.8) is 0 Å². The molecular weight excluding hydrogens is 320 g/mol. The Hall–Kier alpha value is -2.93. The van der Waals surface area contributed by atoms with Crippen LogP contribution in [0.4, 0.5) is 0 Å². The standard InChI is InChI=1S/C15H11ClN4O3/c16-13-6-5-9(8-17-13)15(22)19-18-14(21)7-11-10-3-1-2-4-12(10)23-20-11/h1-6,8H,7H2,(H,18,21)(H,19,22). The van der Waals surface area contributed by atoms with Gasteiger partial charge < -0.3 is 4.52 Å². The molecule has 3 rings (SSSR count). The molecule has 0 aliphatic heterocycles. The summed E-state index contributed by atoms with van der Waals surface area (Å²) in [5.74, 6) is -0.910. The lowest BCUT2D eigenvalue weighted by Gasteiger charge is -2.06. The molecule has 0 unspecified atom stereocenters. The summed E-state index contributed by atoms with van der Waals surface area (Å²) in [6.07, 6.45) is 1.30. The minimum Gasteiger partial charge on any atom is -0.356 e. The maximum atomic E-state index is 11.9. The summed E-state index contributed by atoms with van der Waals surface area (Å²) in [4.78, 5) is 27.5. The van der Waals surface area contributed by atoms with E-state index in [1.54, 1.807) is 6.07 Å². The number of carbonyl (C=O) groups is 2. The van der Waals surface area contributed by atoms with Crippen LogP contribution >= 0.6 is 11.6 Å². The Morgan fingerprint density at radius 3 is 2.74 bits per heavy atom. The SMILES string of the molecule is O=C(Cc1noc2ccccc12)NNC(=O)c1ccc(Cl)nc1. The van der Waals surface area contributed by atoms with E-state index in [0.717, 1.165) is 5.39 Å². The topological polar surface area (TPSA) is 97.1 Å². The van der Waals surface area contributed by atoms with Crippen LogP contribution in [0.25, 0.3) is 11.0 Å². The third-order valence-electron chi connectivity index (χ3n) is 3.09. The molecule has 0 radical (unpaired) electrons. The van der Waals surface area contributed by atoms with Crippen molar-refractivity contribution >= 4 is 34.4 Å². The zero-order valence-corrected chi connectivity index (χ0v) is 12.5. The molecule has 0 saturated carbocycles. The minimum atomic E-state index is -0.493. The maximum absolute atomic E-state index is 11.9. The molecule has 1 aromatic carbocycles. The van der Waals surface area contributed by atoms with Crippen LogP contribution < -0.4 is 10.9 Å². The minimum absolute atomic E-state index is 0.0177. The number of hydrogen-bond donors (Lipinski definition) is 2. The fourth-order valence-electron chi connectivity index (χ4n) is 1.97. The van der Waals surface area contributed by atoms with Gasteiger partial charge in [0.15, 0.2) is 5.58 Å². The first-order valence-corrected chi connectivity index (χ1v) is 7.05. The molecule has 2 heterocycles. The van der Waals surface area contributed by atoms with Gasteiger partial charge in [0, 0.05) is 11.6 Å². The number of nitrogens with zero attached hydrogens (tertiary/aromatic N) is 2. The summed E-state index contributed by atoms with van der Waals surface area (Å²) in [5, 5.41) is 4.90. The van der Waals surface area contributed by atoms with Crippen molar-refractivity contribution in [1.82, 2.24) is 21.0 Å². The molecule has 7 nitrogen and oxygen atoms in total. The summed E-state index contributed by atoms with van der Waals surface area (Å²) in [7, 11) is 0. The first-order chi connectivity index (χ1) is 11.1. The van der Waals surface area contributed by atoms with Crippen molar-refractivity contribution in [3.05, 3.63) is 59.0 Å². The molecule has 116 valence electrons. The van der Waals surface area contributed by atoms with Gasteiger partial charge in [-0.2, -0.15) is 0 Å². The molecule has 8 heteroatoms. The number of hydrazine groups is 1. The highest BCUT2D eigenvalue weighted by atomic mass is 35.5. The van der Waals surface area contributed by atoms with Gasteiger partial charge in [-0.05, 0) is 24.3 Å². The number of benzene rings is 1. The highest BCUT2D eigenvalue weighted by Gasteiger charge is 2.13. The van der Waals surface area contributed by atoms with E-state index < -0.39 is 11.8 Å². The molecule has 0 saturated heterocycles. The average Bonchev–Trinajstić information content (AvgIpc) is 2.96. The second-order valence-electron chi connectivity index (χ2n) is 4.67. The van der Waals surface area contributed by atoms with Gasteiger partial charge in [-0.25, -0.2) is 4.98 Å². The van der Waals surface area contributed by atoms with E-state index in [1.807, 2.05) is 18.2 Å². The van der Waals surface area contributed by atoms with Crippen molar-refractivity contribution in [2.24, 2.45) is 0 Å². The van der Waals surface area contributed by atoms with Crippen LogP contribution in [0.2, 0.25) is 5.15 Å². The van der Waals surface area contributed by atoms with Crippen LogP contribution in [-0.2, 0) is 11.2 Å². The summed E-state index contributed by atoms with van der Waals surface area (Å²) >= 11 is 5.64. The molecule has 0 spiro atoms. The number of amides is 2. The van der Waals surface area contributed by atoms with Crippen molar-refractivity contribution < 1.29 is 14.1 Å². The molecule has 0 aliphatic carbocycles. The lowest BCUT2D eigenvalue weighted by Crippen LogP contribution is -2.42. The van der Waals surface area contributed by atoms with Gasteiger partial charge in [0.2, 0.25) is 5.91 Å². The van der Waals surface area contributed by atoms with Crippen LogP contribution in [0.1, 0.15) is 16.1 Å². The number of para-hydroxylation sites is 1. The van der Waals surface area contributed by atoms with E-state index in [9.17, 15) is 9.59 Å². The molecule has 2 amide bonds. The zero-order chi connectivity index (χ0) is 16.2. The Labute approximate surface area is 135 Å². The molecule has 2 N–H and O–H groups in total. The first-order valence-electron chi connectivity index (χ1n) is 6.67. The van der Waals surface area contributed by atoms with E-state index in [1.165, 1.54) is 18.3 Å². The molecule has 0 atom stereocenters. The highest BCUT2D eigenvalue weighted by Crippen LogP contribution is 2.17. The molecule has 0 bridgehead atoms. The lowest BCUT2D eigenvalue weighted by atomic mass is 10.2. The third-order valence-corrected chi connectivity index (χ3v) is 3.31. The molecule has 3 aromatic rings. The van der Waals surface area contributed by atoms with Crippen molar-refractivity contribution in [1.29, 1.82) is 0 Å². The van der Waals surface area contributed by atoms with Crippen LogP contribution in [0.5, 0.6) is 0 Å². The number of aromatic nitrogens is 2. The van der Waals surface area contributed by atoms with Gasteiger partial charge in [0.25, 0.3) is 5.91 Å². The Kier molecular flexibility index (Phi) is 4.20. The van der Waals surface area contributed by atoms with Crippen molar-refractivity contribution in [2.75, 3.05) is 0 Å². The number of rotatable bonds is 3. The van der Waals surface area contributed by atoms with Gasteiger partial charge in [-0.15, -0.1) is 0 Å². The number of carbonyl (C=O) groups excluding carboxylic acids is 2. The molecule has 0 aliphatic rings. The van der Waals surface area contributed by atoms with Gasteiger partial charge in [0.05, 0.1) is 12.0 Å². The fraction of sp³-hybridized carbons (Fsp3) is 0.0667. The van der Waals surface area contributed by atoms with E-state index >= 15 is 0 Å². The Morgan fingerprint density at radius 2 is 1.96 bits per heavy atom. The normalized spacial score (nSPS) is 10.5. The summed E-state index contributed by atoms with van der Waals surface area (Å²) in [5.41, 5.74) is 6.00. The summed E-state index contributed by atoms with van der Waals surface area (Å²) in [6, 6.07) is 10.2. The molecule has 2 aromatic heterocycles. The zero-order valence-electron chi connectivity index (χ0n) is 11.7. The third kappa shape index (κ3) is 3.46. The summed E-state index contributed by atoms with van der Waals surface area (Å²) < 4.78 is 5.12. The molecule has 0 fully saturated rings. The van der Waals surface area contributed by atoms with Crippen LogP contribution in [0.15, 0.2) is 47.1 Å². The largest absolute Gasteiger partial charge is 0.356 e.